The molecule has 0 radical (unpaired) electrons. The van der Waals surface area contributed by atoms with Crippen LogP contribution in [-0.4, -0.2) is 75.5 Å². The fraction of sp³-hybridized carbons (Fsp3) is 0.667. The number of carbonyl (C=O) groups excluding carboxylic acids is 1. The quantitative estimate of drug-likeness (QED) is 0.447. The maximum atomic E-state index is 12.3. The fourth-order valence-corrected chi connectivity index (χ4v) is 3.99. The standard InChI is InChI=1S/C24H38N4O4/c1-3-25-24(27-17-23(29)26-16-19-7-9-20(30-2)10-8-19)28-13-11-21(12-14-28)32-18-22-6-4-5-15-31-22/h7-10,21-22H,3-6,11-18H2,1-2H3,(H,25,27)(H,26,29). The smallest absolute Gasteiger partial charge is 0.242 e. The summed E-state index contributed by atoms with van der Waals surface area (Å²) in [6.07, 6.45) is 5.96. The number of aliphatic imine (C=N–C) groups is 1. The van der Waals surface area contributed by atoms with Gasteiger partial charge in [0, 0.05) is 32.8 Å². The van der Waals surface area contributed by atoms with Crippen LogP contribution in [0.1, 0.15) is 44.6 Å². The van der Waals surface area contributed by atoms with Gasteiger partial charge in [0.2, 0.25) is 5.91 Å². The van der Waals surface area contributed by atoms with Crippen molar-refractivity contribution >= 4 is 11.9 Å². The van der Waals surface area contributed by atoms with Crippen molar-refractivity contribution in [3.63, 3.8) is 0 Å². The summed E-state index contributed by atoms with van der Waals surface area (Å²) >= 11 is 0. The summed E-state index contributed by atoms with van der Waals surface area (Å²) in [5.41, 5.74) is 1.02. The number of likely N-dealkylation sites (tertiary alicyclic amines) is 1. The van der Waals surface area contributed by atoms with Crippen molar-refractivity contribution < 1.29 is 19.0 Å². The number of nitrogens with zero attached hydrogens (tertiary/aromatic N) is 2. The SMILES string of the molecule is CCNC(=NCC(=O)NCc1ccc(OC)cc1)N1CCC(OCC2CCCCO2)CC1. The summed E-state index contributed by atoms with van der Waals surface area (Å²) < 4.78 is 17.0. The van der Waals surface area contributed by atoms with Gasteiger partial charge < -0.3 is 29.7 Å². The molecule has 178 valence electrons. The van der Waals surface area contributed by atoms with Gasteiger partial charge in [0.25, 0.3) is 0 Å². The molecule has 0 saturated carbocycles. The van der Waals surface area contributed by atoms with Crippen LogP contribution in [0.4, 0.5) is 0 Å². The zero-order valence-electron chi connectivity index (χ0n) is 19.5. The molecule has 8 heteroatoms. The van der Waals surface area contributed by atoms with Crippen LogP contribution >= 0.6 is 0 Å². The maximum absolute atomic E-state index is 12.3. The minimum atomic E-state index is -0.0954. The second kappa shape index (κ2) is 13.3. The maximum Gasteiger partial charge on any atom is 0.242 e. The first-order valence-corrected chi connectivity index (χ1v) is 11.8. The summed E-state index contributed by atoms with van der Waals surface area (Å²) in [6, 6.07) is 7.66. The third kappa shape index (κ3) is 7.98. The minimum absolute atomic E-state index is 0.0954. The monoisotopic (exact) mass is 446 g/mol. The van der Waals surface area contributed by atoms with Crippen LogP contribution in [0.25, 0.3) is 0 Å². The number of rotatable bonds is 9. The molecule has 1 aromatic rings. The molecule has 2 fully saturated rings. The zero-order chi connectivity index (χ0) is 22.6. The van der Waals surface area contributed by atoms with E-state index in [2.05, 4.69) is 20.5 Å². The molecule has 1 aromatic carbocycles. The molecule has 0 spiro atoms. The molecule has 2 N–H and O–H groups in total. The Hall–Kier alpha value is -2.32. The first-order valence-electron chi connectivity index (χ1n) is 11.8. The molecule has 1 atom stereocenters. The van der Waals surface area contributed by atoms with E-state index in [9.17, 15) is 4.79 Å². The Morgan fingerprint density at radius 3 is 2.59 bits per heavy atom. The highest BCUT2D eigenvalue weighted by Crippen LogP contribution is 2.18. The molecule has 2 aliphatic rings. The van der Waals surface area contributed by atoms with Crippen molar-refractivity contribution in [3.05, 3.63) is 29.8 Å². The van der Waals surface area contributed by atoms with Crippen LogP contribution < -0.4 is 15.4 Å². The third-order valence-corrected chi connectivity index (χ3v) is 5.89. The molecule has 0 aromatic heterocycles. The highest BCUT2D eigenvalue weighted by molar-refractivity contribution is 5.85. The summed E-state index contributed by atoms with van der Waals surface area (Å²) in [5, 5.41) is 6.24. The van der Waals surface area contributed by atoms with Gasteiger partial charge >= 0.3 is 0 Å². The molecule has 0 aliphatic carbocycles. The Labute approximate surface area is 191 Å². The Morgan fingerprint density at radius 1 is 1.16 bits per heavy atom. The van der Waals surface area contributed by atoms with Crippen molar-refractivity contribution in [1.29, 1.82) is 0 Å². The van der Waals surface area contributed by atoms with Gasteiger partial charge in [0.05, 0.1) is 25.9 Å². The fourth-order valence-electron chi connectivity index (χ4n) is 3.99. The molecule has 2 aliphatic heterocycles. The topological polar surface area (TPSA) is 84.4 Å². The van der Waals surface area contributed by atoms with Gasteiger partial charge in [-0.3, -0.25) is 4.79 Å². The molecule has 1 unspecified atom stereocenters. The highest BCUT2D eigenvalue weighted by Gasteiger charge is 2.24. The molecular formula is C24H38N4O4. The van der Waals surface area contributed by atoms with Gasteiger partial charge in [-0.25, -0.2) is 4.99 Å². The first-order chi connectivity index (χ1) is 15.7. The van der Waals surface area contributed by atoms with Crippen molar-refractivity contribution in [3.8, 4) is 5.75 Å². The van der Waals surface area contributed by atoms with Gasteiger partial charge in [-0.05, 0) is 56.7 Å². The van der Waals surface area contributed by atoms with Gasteiger partial charge in [-0.15, -0.1) is 0 Å². The van der Waals surface area contributed by atoms with E-state index in [1.807, 2.05) is 31.2 Å². The lowest BCUT2D eigenvalue weighted by Crippen LogP contribution is -2.47. The number of hydrogen-bond acceptors (Lipinski definition) is 5. The normalized spacial score (nSPS) is 20.1. The number of amides is 1. The van der Waals surface area contributed by atoms with Crippen molar-refractivity contribution in [2.24, 2.45) is 4.99 Å². The van der Waals surface area contributed by atoms with Crippen LogP contribution in [0.2, 0.25) is 0 Å². The number of methoxy groups -OCH3 is 1. The molecule has 1 amide bonds. The Bertz CT molecular complexity index is 711. The summed E-state index contributed by atoms with van der Waals surface area (Å²) in [7, 11) is 1.64. The van der Waals surface area contributed by atoms with E-state index in [1.54, 1.807) is 7.11 Å². The van der Waals surface area contributed by atoms with Crippen LogP contribution in [-0.2, 0) is 20.8 Å². The Kier molecular flexibility index (Phi) is 10.1. The Morgan fingerprint density at radius 2 is 1.94 bits per heavy atom. The van der Waals surface area contributed by atoms with E-state index in [4.69, 9.17) is 14.2 Å². The third-order valence-electron chi connectivity index (χ3n) is 5.89. The average molecular weight is 447 g/mol. The van der Waals surface area contributed by atoms with E-state index < -0.39 is 0 Å². The first kappa shape index (κ1) is 24.3. The van der Waals surface area contributed by atoms with Crippen LogP contribution in [0.15, 0.2) is 29.3 Å². The van der Waals surface area contributed by atoms with E-state index in [0.717, 1.165) is 62.8 Å². The number of piperidine rings is 1. The summed E-state index contributed by atoms with van der Waals surface area (Å²) in [6.45, 7) is 6.69. The lowest BCUT2D eigenvalue weighted by atomic mass is 10.1. The number of nitrogens with one attached hydrogen (secondary N) is 2. The lowest BCUT2D eigenvalue weighted by molar-refractivity contribution is -0.119. The van der Waals surface area contributed by atoms with Gasteiger partial charge in [-0.1, -0.05) is 12.1 Å². The predicted molar refractivity (Wildman–Crippen MR) is 125 cm³/mol. The lowest BCUT2D eigenvalue weighted by Gasteiger charge is -2.35. The van der Waals surface area contributed by atoms with Crippen molar-refractivity contribution in [1.82, 2.24) is 15.5 Å². The van der Waals surface area contributed by atoms with Crippen LogP contribution in [0.3, 0.4) is 0 Å². The molecule has 0 bridgehead atoms. The summed E-state index contributed by atoms with van der Waals surface area (Å²) in [4.78, 5) is 19.1. The molecular weight excluding hydrogens is 408 g/mol. The van der Waals surface area contributed by atoms with Crippen molar-refractivity contribution in [2.75, 3.05) is 46.5 Å². The van der Waals surface area contributed by atoms with Gasteiger partial charge in [0.1, 0.15) is 12.3 Å². The van der Waals surface area contributed by atoms with E-state index in [-0.39, 0.29) is 24.7 Å². The second-order valence-electron chi connectivity index (χ2n) is 8.30. The molecule has 8 nitrogen and oxygen atoms in total. The number of benzene rings is 1. The largest absolute Gasteiger partial charge is 0.497 e. The molecule has 3 rings (SSSR count). The second-order valence-corrected chi connectivity index (χ2v) is 8.30. The van der Waals surface area contributed by atoms with E-state index in [1.165, 1.54) is 12.8 Å². The average Bonchev–Trinajstić information content (AvgIpc) is 2.85. The van der Waals surface area contributed by atoms with Crippen LogP contribution in [0, 0.1) is 0 Å². The number of carbonyl (C=O) groups is 1. The predicted octanol–water partition coefficient (Wildman–Crippen LogP) is 2.33. The number of guanidine groups is 1. The molecule has 2 heterocycles. The van der Waals surface area contributed by atoms with Crippen molar-refractivity contribution in [2.45, 2.75) is 57.8 Å². The highest BCUT2D eigenvalue weighted by atomic mass is 16.5. The molecule has 2 saturated heterocycles. The van der Waals surface area contributed by atoms with Gasteiger partial charge in [0.15, 0.2) is 5.96 Å². The minimum Gasteiger partial charge on any atom is -0.497 e. The molecule has 32 heavy (non-hydrogen) atoms. The van der Waals surface area contributed by atoms with E-state index >= 15 is 0 Å². The van der Waals surface area contributed by atoms with Crippen LogP contribution in [0.5, 0.6) is 5.75 Å². The Balaban J connectivity index is 1.40. The zero-order valence-corrected chi connectivity index (χ0v) is 19.5. The summed E-state index contributed by atoms with van der Waals surface area (Å²) in [5.74, 6) is 1.50. The van der Waals surface area contributed by atoms with E-state index in [0.29, 0.717) is 13.2 Å². The number of hydrogen-bond donors (Lipinski definition) is 2. The van der Waals surface area contributed by atoms with Gasteiger partial charge in [-0.2, -0.15) is 0 Å². The number of ether oxygens (including phenoxy) is 3.